The molecule has 0 spiro atoms. The summed E-state index contributed by atoms with van der Waals surface area (Å²) < 4.78 is 0. The maximum Gasteiger partial charge on any atom is 0.146 e. The van der Waals surface area contributed by atoms with Crippen molar-refractivity contribution in [3.63, 3.8) is 0 Å². The molecule has 0 aliphatic carbocycles. The highest BCUT2D eigenvalue weighted by Crippen LogP contribution is 2.19. The third-order valence-corrected chi connectivity index (χ3v) is 3.45. The van der Waals surface area contributed by atoms with Gasteiger partial charge in [-0.1, -0.05) is 6.92 Å². The van der Waals surface area contributed by atoms with E-state index in [-0.39, 0.29) is 0 Å². The van der Waals surface area contributed by atoms with Crippen molar-refractivity contribution in [2.75, 3.05) is 40.3 Å². The average Bonchev–Trinajstić information content (AvgIpc) is 2.40. The Balaban J connectivity index is 2.03. The van der Waals surface area contributed by atoms with Crippen LogP contribution < -0.4 is 5.32 Å². The van der Waals surface area contributed by atoms with Gasteiger partial charge >= 0.3 is 0 Å². The lowest BCUT2D eigenvalue weighted by Gasteiger charge is -2.36. The molecule has 1 aromatic rings. The van der Waals surface area contributed by atoms with Crippen molar-refractivity contribution in [3.05, 3.63) is 23.8 Å². The molecule has 1 fully saturated rings. The summed E-state index contributed by atoms with van der Waals surface area (Å²) in [5.74, 6) is 0.935. The molecule has 18 heavy (non-hydrogen) atoms. The highest BCUT2D eigenvalue weighted by molar-refractivity contribution is 5.08. The summed E-state index contributed by atoms with van der Waals surface area (Å²) >= 11 is 0. The summed E-state index contributed by atoms with van der Waals surface area (Å²) in [6.07, 6.45) is 3.88. The van der Waals surface area contributed by atoms with Crippen LogP contribution in [0, 0.1) is 0 Å². The van der Waals surface area contributed by atoms with E-state index in [1.807, 2.05) is 12.4 Å². The van der Waals surface area contributed by atoms with Crippen molar-refractivity contribution in [3.8, 4) is 0 Å². The predicted octanol–water partition coefficient (Wildman–Crippen LogP) is 0.504. The second-order valence-electron chi connectivity index (χ2n) is 4.99. The van der Waals surface area contributed by atoms with Crippen LogP contribution in [0.2, 0.25) is 0 Å². The second-order valence-corrected chi connectivity index (χ2v) is 4.99. The zero-order valence-electron chi connectivity index (χ0n) is 11.6. The van der Waals surface area contributed by atoms with E-state index >= 15 is 0 Å². The van der Waals surface area contributed by atoms with Crippen LogP contribution in [-0.2, 0) is 6.54 Å². The van der Waals surface area contributed by atoms with Gasteiger partial charge in [-0.3, -0.25) is 4.90 Å². The van der Waals surface area contributed by atoms with Crippen LogP contribution in [0.4, 0.5) is 0 Å². The average molecular weight is 249 g/mol. The van der Waals surface area contributed by atoms with Gasteiger partial charge in [0.15, 0.2) is 0 Å². The largest absolute Gasteiger partial charge is 0.313 e. The van der Waals surface area contributed by atoms with Crippen LogP contribution in [0.1, 0.15) is 24.4 Å². The summed E-state index contributed by atoms with van der Waals surface area (Å²) in [4.78, 5) is 13.7. The summed E-state index contributed by atoms with van der Waals surface area (Å²) in [7, 11) is 4.30. The Kier molecular flexibility index (Phi) is 4.63. The first-order valence-corrected chi connectivity index (χ1v) is 6.61. The van der Waals surface area contributed by atoms with E-state index in [2.05, 4.69) is 46.1 Å². The maximum absolute atomic E-state index is 4.52. The van der Waals surface area contributed by atoms with Crippen molar-refractivity contribution >= 4 is 0 Å². The molecule has 1 aliphatic rings. The first kappa shape index (κ1) is 13.4. The lowest BCUT2D eigenvalue weighted by Crippen LogP contribution is -2.45. The van der Waals surface area contributed by atoms with Gasteiger partial charge in [0.2, 0.25) is 0 Å². The SMILES string of the molecule is CCNCc1cnc(C2CN(C)CCN2C)nc1. The maximum atomic E-state index is 4.52. The Morgan fingerprint density at radius 3 is 2.67 bits per heavy atom. The molecule has 1 aromatic heterocycles. The number of nitrogens with one attached hydrogen (secondary N) is 1. The minimum Gasteiger partial charge on any atom is -0.313 e. The van der Waals surface area contributed by atoms with Crippen LogP contribution in [0.15, 0.2) is 12.4 Å². The van der Waals surface area contributed by atoms with Crippen LogP contribution in [-0.4, -0.2) is 60.0 Å². The summed E-state index contributed by atoms with van der Waals surface area (Å²) in [6, 6.07) is 0.317. The number of hydrogen-bond acceptors (Lipinski definition) is 5. The quantitative estimate of drug-likeness (QED) is 0.842. The molecule has 100 valence electrons. The van der Waals surface area contributed by atoms with Crippen LogP contribution in [0.5, 0.6) is 0 Å². The molecule has 2 rings (SSSR count). The Labute approximate surface area is 109 Å². The first-order chi connectivity index (χ1) is 8.70. The number of likely N-dealkylation sites (N-methyl/N-ethyl adjacent to an activating group) is 2. The third-order valence-electron chi connectivity index (χ3n) is 3.45. The highest BCUT2D eigenvalue weighted by atomic mass is 15.3. The smallest absolute Gasteiger partial charge is 0.146 e. The van der Waals surface area contributed by atoms with Crippen molar-refractivity contribution in [2.24, 2.45) is 0 Å². The highest BCUT2D eigenvalue weighted by Gasteiger charge is 2.25. The molecule has 2 heterocycles. The van der Waals surface area contributed by atoms with Gasteiger partial charge in [0, 0.05) is 44.1 Å². The predicted molar refractivity (Wildman–Crippen MR) is 72.3 cm³/mol. The molecule has 1 saturated heterocycles. The minimum atomic E-state index is 0.317. The molecular formula is C13H23N5. The van der Waals surface area contributed by atoms with E-state index in [4.69, 9.17) is 0 Å². The number of rotatable bonds is 4. The monoisotopic (exact) mass is 249 g/mol. The molecule has 1 aliphatic heterocycles. The zero-order valence-corrected chi connectivity index (χ0v) is 11.6. The fraction of sp³-hybridized carbons (Fsp3) is 0.692. The third kappa shape index (κ3) is 3.25. The first-order valence-electron chi connectivity index (χ1n) is 6.61. The molecule has 5 heteroatoms. The zero-order chi connectivity index (χ0) is 13.0. The molecule has 0 amide bonds. The second kappa shape index (κ2) is 6.22. The Morgan fingerprint density at radius 1 is 1.28 bits per heavy atom. The van der Waals surface area contributed by atoms with E-state index in [9.17, 15) is 0 Å². The Morgan fingerprint density at radius 2 is 2.00 bits per heavy atom. The van der Waals surface area contributed by atoms with Gasteiger partial charge < -0.3 is 10.2 Å². The molecule has 1 N–H and O–H groups in total. The van der Waals surface area contributed by atoms with Crippen molar-refractivity contribution < 1.29 is 0 Å². The number of aromatic nitrogens is 2. The number of hydrogen-bond donors (Lipinski definition) is 1. The Bertz CT molecular complexity index is 364. The van der Waals surface area contributed by atoms with Gasteiger partial charge in [-0.2, -0.15) is 0 Å². The molecule has 1 atom stereocenters. The molecule has 1 unspecified atom stereocenters. The number of nitrogens with zero attached hydrogens (tertiary/aromatic N) is 4. The minimum absolute atomic E-state index is 0.317. The normalized spacial score (nSPS) is 22.3. The van der Waals surface area contributed by atoms with Crippen LogP contribution in [0.3, 0.4) is 0 Å². The van der Waals surface area contributed by atoms with Gasteiger partial charge in [0.05, 0.1) is 6.04 Å². The summed E-state index contributed by atoms with van der Waals surface area (Å²) in [5, 5.41) is 3.28. The van der Waals surface area contributed by atoms with E-state index in [0.29, 0.717) is 6.04 Å². The van der Waals surface area contributed by atoms with Gasteiger partial charge in [0.25, 0.3) is 0 Å². The summed E-state index contributed by atoms with van der Waals surface area (Å²) in [6.45, 7) is 7.11. The van der Waals surface area contributed by atoms with Gasteiger partial charge in [-0.15, -0.1) is 0 Å². The van der Waals surface area contributed by atoms with E-state index < -0.39 is 0 Å². The standard InChI is InChI=1S/C13H23N5/c1-4-14-7-11-8-15-13(16-9-11)12-10-17(2)5-6-18(12)3/h8-9,12,14H,4-7,10H2,1-3H3. The van der Waals surface area contributed by atoms with Gasteiger partial charge in [0.1, 0.15) is 5.82 Å². The van der Waals surface area contributed by atoms with Crippen molar-refractivity contribution in [1.29, 1.82) is 0 Å². The van der Waals surface area contributed by atoms with E-state index in [1.165, 1.54) is 0 Å². The fourth-order valence-electron chi connectivity index (χ4n) is 2.19. The fourth-order valence-corrected chi connectivity index (χ4v) is 2.19. The van der Waals surface area contributed by atoms with Crippen LogP contribution in [0.25, 0.3) is 0 Å². The molecule has 0 radical (unpaired) electrons. The molecule has 5 nitrogen and oxygen atoms in total. The lowest BCUT2D eigenvalue weighted by atomic mass is 10.1. The lowest BCUT2D eigenvalue weighted by molar-refractivity contribution is 0.109. The van der Waals surface area contributed by atoms with E-state index in [0.717, 1.165) is 44.1 Å². The molecule has 0 saturated carbocycles. The number of piperazine rings is 1. The molecular weight excluding hydrogens is 226 g/mol. The topological polar surface area (TPSA) is 44.3 Å². The van der Waals surface area contributed by atoms with Crippen LogP contribution >= 0.6 is 0 Å². The van der Waals surface area contributed by atoms with Gasteiger partial charge in [-0.25, -0.2) is 9.97 Å². The van der Waals surface area contributed by atoms with Crippen molar-refractivity contribution in [2.45, 2.75) is 19.5 Å². The molecule has 0 bridgehead atoms. The van der Waals surface area contributed by atoms with Gasteiger partial charge in [-0.05, 0) is 20.6 Å². The molecule has 0 aromatic carbocycles. The van der Waals surface area contributed by atoms with Crippen molar-refractivity contribution in [1.82, 2.24) is 25.1 Å². The Hall–Kier alpha value is -1.04. The van der Waals surface area contributed by atoms with E-state index in [1.54, 1.807) is 0 Å². The summed E-state index contributed by atoms with van der Waals surface area (Å²) in [5.41, 5.74) is 1.15.